The number of anilines is 3. The van der Waals surface area contributed by atoms with E-state index in [0.717, 1.165) is 56.0 Å². The van der Waals surface area contributed by atoms with Gasteiger partial charge < -0.3 is 15.1 Å². The highest BCUT2D eigenvalue weighted by Crippen LogP contribution is 2.43. The largest absolute Gasteiger partial charge is 0.353 e. The van der Waals surface area contributed by atoms with Crippen molar-refractivity contribution in [3.8, 4) is 0 Å². The van der Waals surface area contributed by atoms with E-state index >= 15 is 0 Å². The number of carbonyl (C=O) groups is 1. The zero-order valence-electron chi connectivity index (χ0n) is 18.5. The smallest absolute Gasteiger partial charge is 0.233 e. The number of nitrogens with one attached hydrogen (secondary N) is 1. The van der Waals surface area contributed by atoms with E-state index in [2.05, 4.69) is 25.2 Å². The molecule has 170 valence electrons. The molecule has 0 unspecified atom stereocenters. The molecule has 2 fully saturated rings. The summed E-state index contributed by atoms with van der Waals surface area (Å²) in [5, 5.41) is 3.92. The monoisotopic (exact) mass is 462 g/mol. The molecule has 3 aromatic rings. The molecule has 1 aliphatic carbocycles. The van der Waals surface area contributed by atoms with Crippen molar-refractivity contribution >= 4 is 35.0 Å². The molecule has 1 aliphatic heterocycles. The quantitative estimate of drug-likeness (QED) is 0.604. The summed E-state index contributed by atoms with van der Waals surface area (Å²) < 4.78 is 0. The van der Waals surface area contributed by atoms with Gasteiger partial charge >= 0.3 is 0 Å². The molecule has 8 heteroatoms. The maximum Gasteiger partial charge on any atom is 0.233 e. The van der Waals surface area contributed by atoms with Gasteiger partial charge in [0.15, 0.2) is 0 Å². The van der Waals surface area contributed by atoms with Crippen LogP contribution in [0.4, 0.5) is 17.5 Å². The minimum atomic E-state index is -0.415. The Bertz CT molecular complexity index is 1090. The van der Waals surface area contributed by atoms with Gasteiger partial charge in [-0.1, -0.05) is 42.6 Å². The molecular weight excluding hydrogens is 436 g/mol. The first-order chi connectivity index (χ1) is 16.1. The highest BCUT2D eigenvalue weighted by Gasteiger charge is 2.45. The van der Waals surface area contributed by atoms with E-state index in [4.69, 9.17) is 11.6 Å². The molecule has 0 bridgehead atoms. The summed E-state index contributed by atoms with van der Waals surface area (Å²) in [6.07, 6.45) is 7.28. The Kier molecular flexibility index (Phi) is 6.13. The third-order valence-corrected chi connectivity index (χ3v) is 6.98. The Morgan fingerprint density at radius 1 is 0.909 bits per heavy atom. The van der Waals surface area contributed by atoms with Crippen molar-refractivity contribution < 1.29 is 4.79 Å². The third-order valence-electron chi connectivity index (χ3n) is 6.73. The van der Waals surface area contributed by atoms with Gasteiger partial charge in [-0.2, -0.15) is 0 Å². The molecule has 2 aromatic heterocycles. The van der Waals surface area contributed by atoms with Gasteiger partial charge in [0.2, 0.25) is 5.91 Å². The number of hydrogen-bond donors (Lipinski definition) is 1. The maximum atomic E-state index is 13.7. The lowest BCUT2D eigenvalue weighted by molar-refractivity contribution is -0.137. The number of amides is 1. The Morgan fingerprint density at radius 2 is 1.67 bits per heavy atom. The highest BCUT2D eigenvalue weighted by molar-refractivity contribution is 6.30. The SMILES string of the molecule is O=C(N1CCN(c2cc(Nc3ccccn3)ncn2)CC1)C1(c2ccc(Cl)cc2)CCCC1. The molecule has 2 aliphatic rings. The van der Waals surface area contributed by atoms with Crippen LogP contribution in [0.15, 0.2) is 61.1 Å². The van der Waals surface area contributed by atoms with Gasteiger partial charge in [0.25, 0.3) is 0 Å². The number of rotatable bonds is 5. The molecule has 1 aromatic carbocycles. The number of pyridine rings is 1. The zero-order chi connectivity index (χ0) is 22.7. The lowest BCUT2D eigenvalue weighted by atomic mass is 9.77. The number of nitrogens with zero attached hydrogens (tertiary/aromatic N) is 5. The summed E-state index contributed by atoms with van der Waals surface area (Å²) in [6.45, 7) is 2.84. The average molecular weight is 463 g/mol. The van der Waals surface area contributed by atoms with Gasteiger partial charge in [-0.3, -0.25) is 4.79 Å². The predicted molar refractivity (Wildman–Crippen MR) is 130 cm³/mol. The zero-order valence-corrected chi connectivity index (χ0v) is 19.2. The molecule has 1 amide bonds. The van der Waals surface area contributed by atoms with Crippen molar-refractivity contribution in [3.05, 3.63) is 71.6 Å². The van der Waals surface area contributed by atoms with Crippen LogP contribution >= 0.6 is 11.6 Å². The van der Waals surface area contributed by atoms with Crippen molar-refractivity contribution in [2.75, 3.05) is 36.4 Å². The van der Waals surface area contributed by atoms with E-state index in [9.17, 15) is 4.79 Å². The number of piperazine rings is 1. The second kappa shape index (κ2) is 9.35. The Labute approximate surface area is 198 Å². The van der Waals surface area contributed by atoms with Crippen molar-refractivity contribution in [2.45, 2.75) is 31.1 Å². The molecule has 0 radical (unpaired) electrons. The minimum Gasteiger partial charge on any atom is -0.353 e. The van der Waals surface area contributed by atoms with Gasteiger partial charge in [-0.15, -0.1) is 0 Å². The topological polar surface area (TPSA) is 74.2 Å². The molecule has 7 nitrogen and oxygen atoms in total. The van der Waals surface area contributed by atoms with Crippen LogP contribution in [-0.4, -0.2) is 51.9 Å². The normalized spacial score (nSPS) is 17.7. The van der Waals surface area contributed by atoms with Gasteiger partial charge in [0, 0.05) is 43.5 Å². The van der Waals surface area contributed by atoms with Crippen molar-refractivity contribution in [3.63, 3.8) is 0 Å². The molecule has 1 saturated carbocycles. The number of halogens is 1. The van der Waals surface area contributed by atoms with Gasteiger partial charge in [-0.05, 0) is 42.7 Å². The fourth-order valence-electron chi connectivity index (χ4n) is 4.97. The van der Waals surface area contributed by atoms with Crippen LogP contribution in [0.2, 0.25) is 5.02 Å². The second-order valence-electron chi connectivity index (χ2n) is 8.68. The summed E-state index contributed by atoms with van der Waals surface area (Å²) in [4.78, 5) is 31.0. The predicted octanol–water partition coefficient (Wildman–Crippen LogP) is 4.43. The molecule has 3 heterocycles. The summed E-state index contributed by atoms with van der Waals surface area (Å²) >= 11 is 6.10. The highest BCUT2D eigenvalue weighted by atomic mass is 35.5. The van der Waals surface area contributed by atoms with E-state index in [1.807, 2.05) is 53.4 Å². The Balaban J connectivity index is 1.26. The molecule has 33 heavy (non-hydrogen) atoms. The molecule has 1 saturated heterocycles. The van der Waals surface area contributed by atoms with E-state index in [1.165, 1.54) is 0 Å². The standard InChI is InChI=1S/C25H27ClN6O/c26-20-8-6-19(7-9-20)25(10-2-3-11-25)24(33)32-15-13-31(14-16-32)23-17-22(28-18-29-23)30-21-5-1-4-12-27-21/h1,4-9,12,17-18H,2-3,10-11,13-16H2,(H,27,28,29,30). The lowest BCUT2D eigenvalue weighted by Crippen LogP contribution is -2.54. The van der Waals surface area contributed by atoms with Crippen LogP contribution in [0.5, 0.6) is 0 Å². The molecule has 0 spiro atoms. The summed E-state index contributed by atoms with van der Waals surface area (Å²) in [5.41, 5.74) is 0.680. The first-order valence-corrected chi connectivity index (χ1v) is 11.8. The van der Waals surface area contributed by atoms with Crippen molar-refractivity contribution in [1.29, 1.82) is 0 Å². The molecular formula is C25H27ClN6O. The summed E-state index contributed by atoms with van der Waals surface area (Å²) in [7, 11) is 0. The van der Waals surface area contributed by atoms with Crippen molar-refractivity contribution in [1.82, 2.24) is 19.9 Å². The summed E-state index contributed by atoms with van der Waals surface area (Å²) in [6, 6.07) is 15.5. The number of hydrogen-bond acceptors (Lipinski definition) is 6. The molecule has 5 rings (SSSR count). The van der Waals surface area contributed by atoms with Crippen LogP contribution in [0.25, 0.3) is 0 Å². The summed E-state index contributed by atoms with van der Waals surface area (Å²) in [5.74, 6) is 2.54. The van der Waals surface area contributed by atoms with E-state index in [0.29, 0.717) is 23.9 Å². The second-order valence-corrected chi connectivity index (χ2v) is 9.11. The van der Waals surface area contributed by atoms with Crippen LogP contribution in [0.3, 0.4) is 0 Å². The number of aromatic nitrogens is 3. The van der Waals surface area contributed by atoms with Crippen LogP contribution in [0, 0.1) is 0 Å². The minimum absolute atomic E-state index is 0.252. The lowest BCUT2D eigenvalue weighted by Gasteiger charge is -2.40. The first-order valence-electron chi connectivity index (χ1n) is 11.4. The fourth-order valence-corrected chi connectivity index (χ4v) is 5.10. The maximum absolute atomic E-state index is 13.7. The number of carbonyl (C=O) groups excluding carboxylic acids is 1. The third kappa shape index (κ3) is 4.50. The first kappa shape index (κ1) is 21.6. The Hall–Kier alpha value is -3.19. The van der Waals surface area contributed by atoms with E-state index < -0.39 is 5.41 Å². The van der Waals surface area contributed by atoms with Crippen LogP contribution < -0.4 is 10.2 Å². The van der Waals surface area contributed by atoms with Crippen LogP contribution in [0.1, 0.15) is 31.2 Å². The Morgan fingerprint density at radius 3 is 2.36 bits per heavy atom. The fraction of sp³-hybridized carbons (Fsp3) is 0.360. The van der Waals surface area contributed by atoms with Gasteiger partial charge in [0.05, 0.1) is 5.41 Å². The average Bonchev–Trinajstić information content (AvgIpc) is 3.36. The van der Waals surface area contributed by atoms with E-state index in [-0.39, 0.29) is 5.91 Å². The van der Waals surface area contributed by atoms with Gasteiger partial charge in [0.1, 0.15) is 23.8 Å². The van der Waals surface area contributed by atoms with Crippen LogP contribution in [-0.2, 0) is 10.2 Å². The number of benzene rings is 1. The van der Waals surface area contributed by atoms with Gasteiger partial charge in [-0.25, -0.2) is 15.0 Å². The van der Waals surface area contributed by atoms with Crippen molar-refractivity contribution in [2.24, 2.45) is 0 Å². The molecule has 0 atom stereocenters. The molecule has 1 N–H and O–H groups in total. The van der Waals surface area contributed by atoms with E-state index in [1.54, 1.807) is 12.5 Å².